The number of esters is 1. The molecule has 2 aromatic rings. The van der Waals surface area contributed by atoms with E-state index in [-0.39, 0.29) is 18.1 Å². The molecule has 1 atom stereocenters. The summed E-state index contributed by atoms with van der Waals surface area (Å²) in [5.41, 5.74) is 1.03. The van der Waals surface area contributed by atoms with Gasteiger partial charge in [0, 0.05) is 12.8 Å². The van der Waals surface area contributed by atoms with Crippen LogP contribution in [-0.2, 0) is 27.2 Å². The Kier molecular flexibility index (Phi) is 7.11. The molecule has 0 unspecified atom stereocenters. The lowest BCUT2D eigenvalue weighted by atomic mass is 10.0. The zero-order valence-corrected chi connectivity index (χ0v) is 16.0. The molecule has 0 aliphatic heterocycles. The van der Waals surface area contributed by atoms with E-state index in [4.69, 9.17) is 4.74 Å². The summed E-state index contributed by atoms with van der Waals surface area (Å²) in [5.74, 6) is -1.07. The first kappa shape index (κ1) is 20.6. The van der Waals surface area contributed by atoms with Gasteiger partial charge in [0.05, 0.1) is 0 Å². The van der Waals surface area contributed by atoms with E-state index in [1.54, 1.807) is 32.9 Å². The van der Waals surface area contributed by atoms with Gasteiger partial charge in [0.2, 0.25) is 5.91 Å². The van der Waals surface area contributed by atoms with Crippen LogP contribution in [0.4, 0.5) is 4.39 Å². The number of ether oxygens (including phenoxy) is 1. The van der Waals surface area contributed by atoms with E-state index < -0.39 is 17.6 Å². The van der Waals surface area contributed by atoms with Gasteiger partial charge in [-0.3, -0.25) is 4.79 Å². The highest BCUT2D eigenvalue weighted by Gasteiger charge is 2.26. The van der Waals surface area contributed by atoms with Gasteiger partial charge in [0.25, 0.3) is 0 Å². The molecule has 27 heavy (non-hydrogen) atoms. The van der Waals surface area contributed by atoms with Crippen molar-refractivity contribution in [3.8, 4) is 0 Å². The lowest BCUT2D eigenvalue weighted by Gasteiger charge is -2.24. The van der Waals surface area contributed by atoms with Gasteiger partial charge in [-0.1, -0.05) is 42.5 Å². The summed E-state index contributed by atoms with van der Waals surface area (Å²) in [4.78, 5) is 24.9. The van der Waals surface area contributed by atoms with Gasteiger partial charge >= 0.3 is 5.97 Å². The van der Waals surface area contributed by atoms with Crippen molar-refractivity contribution in [2.24, 2.45) is 0 Å². The number of benzene rings is 2. The van der Waals surface area contributed by atoms with Crippen molar-refractivity contribution in [1.82, 2.24) is 5.32 Å². The summed E-state index contributed by atoms with van der Waals surface area (Å²) in [6.07, 6.45) is 0.912. The summed E-state index contributed by atoms with van der Waals surface area (Å²) in [6, 6.07) is 14.8. The van der Waals surface area contributed by atoms with Gasteiger partial charge in [0.1, 0.15) is 17.5 Å². The zero-order chi connectivity index (χ0) is 19.9. The standard InChI is InChI=1S/C22H26FNO3/c1-22(2,3)27-21(26)19(15-16-8-5-4-6-9-16)24-20(25)13-12-17-10-7-11-18(23)14-17/h4-11,14,19H,12-13,15H2,1-3H3,(H,24,25)/t19-/m1/s1. The molecule has 5 heteroatoms. The molecule has 144 valence electrons. The molecule has 0 radical (unpaired) electrons. The average Bonchev–Trinajstić information content (AvgIpc) is 2.59. The van der Waals surface area contributed by atoms with Gasteiger partial charge in [-0.2, -0.15) is 0 Å². The first-order valence-corrected chi connectivity index (χ1v) is 9.03. The second kappa shape index (κ2) is 9.31. The Labute approximate surface area is 159 Å². The van der Waals surface area contributed by atoms with Crippen molar-refractivity contribution in [2.45, 2.75) is 51.7 Å². The zero-order valence-electron chi connectivity index (χ0n) is 16.0. The normalized spacial score (nSPS) is 12.3. The van der Waals surface area contributed by atoms with E-state index in [1.807, 2.05) is 30.3 Å². The molecule has 0 saturated carbocycles. The molecule has 0 heterocycles. The highest BCUT2D eigenvalue weighted by Crippen LogP contribution is 2.12. The largest absolute Gasteiger partial charge is 0.458 e. The first-order chi connectivity index (χ1) is 12.7. The Morgan fingerprint density at radius 1 is 1.04 bits per heavy atom. The Morgan fingerprint density at radius 3 is 2.33 bits per heavy atom. The number of carbonyl (C=O) groups is 2. The Morgan fingerprint density at radius 2 is 1.70 bits per heavy atom. The van der Waals surface area contributed by atoms with Gasteiger partial charge in [-0.15, -0.1) is 0 Å². The fourth-order valence-corrected chi connectivity index (χ4v) is 2.63. The first-order valence-electron chi connectivity index (χ1n) is 9.03. The number of rotatable bonds is 7. The number of nitrogens with one attached hydrogen (secondary N) is 1. The molecular weight excluding hydrogens is 345 g/mol. The Hall–Kier alpha value is -2.69. The molecule has 0 aliphatic rings. The molecule has 1 N–H and O–H groups in total. The van der Waals surface area contributed by atoms with Gasteiger partial charge in [-0.05, 0) is 50.5 Å². The third kappa shape index (κ3) is 7.60. The minimum Gasteiger partial charge on any atom is -0.458 e. The molecular formula is C22H26FNO3. The number of hydrogen-bond donors (Lipinski definition) is 1. The summed E-state index contributed by atoms with van der Waals surface area (Å²) in [6.45, 7) is 5.36. The van der Waals surface area contributed by atoms with Crippen molar-refractivity contribution < 1.29 is 18.7 Å². The summed E-state index contributed by atoms with van der Waals surface area (Å²) in [5, 5.41) is 2.77. The van der Waals surface area contributed by atoms with E-state index >= 15 is 0 Å². The highest BCUT2D eigenvalue weighted by atomic mass is 19.1. The predicted octanol–water partition coefficient (Wildman–Crippen LogP) is 3.83. The molecule has 4 nitrogen and oxygen atoms in total. The Balaban J connectivity index is 2.01. The van der Waals surface area contributed by atoms with E-state index in [9.17, 15) is 14.0 Å². The second-order valence-electron chi connectivity index (χ2n) is 7.47. The van der Waals surface area contributed by atoms with E-state index in [2.05, 4.69) is 5.32 Å². The molecule has 0 aromatic heterocycles. The van der Waals surface area contributed by atoms with Crippen LogP contribution in [0.2, 0.25) is 0 Å². The van der Waals surface area contributed by atoms with Gasteiger partial charge < -0.3 is 10.1 Å². The lowest BCUT2D eigenvalue weighted by Crippen LogP contribution is -2.45. The lowest BCUT2D eigenvalue weighted by molar-refractivity contribution is -0.158. The molecule has 2 rings (SSSR count). The molecule has 0 spiro atoms. The van der Waals surface area contributed by atoms with Crippen LogP contribution in [0.5, 0.6) is 0 Å². The molecule has 1 amide bonds. The second-order valence-corrected chi connectivity index (χ2v) is 7.47. The van der Waals surface area contributed by atoms with Gasteiger partial charge in [-0.25, -0.2) is 9.18 Å². The monoisotopic (exact) mass is 371 g/mol. The van der Waals surface area contributed by atoms with Crippen molar-refractivity contribution in [3.63, 3.8) is 0 Å². The summed E-state index contributed by atoms with van der Waals surface area (Å²) in [7, 11) is 0. The third-order valence-corrected chi connectivity index (χ3v) is 3.84. The van der Waals surface area contributed by atoms with Crippen LogP contribution in [0, 0.1) is 5.82 Å². The van der Waals surface area contributed by atoms with Crippen LogP contribution in [0.1, 0.15) is 38.3 Å². The van der Waals surface area contributed by atoms with E-state index in [0.29, 0.717) is 12.8 Å². The predicted molar refractivity (Wildman–Crippen MR) is 103 cm³/mol. The number of aryl methyl sites for hydroxylation is 1. The van der Waals surface area contributed by atoms with Crippen molar-refractivity contribution in [3.05, 3.63) is 71.5 Å². The van der Waals surface area contributed by atoms with Crippen LogP contribution in [0.25, 0.3) is 0 Å². The van der Waals surface area contributed by atoms with Crippen LogP contribution < -0.4 is 5.32 Å². The summed E-state index contributed by atoms with van der Waals surface area (Å²) < 4.78 is 18.7. The average molecular weight is 371 g/mol. The number of hydrogen-bond acceptors (Lipinski definition) is 3. The molecule has 0 aliphatic carbocycles. The fraction of sp³-hybridized carbons (Fsp3) is 0.364. The quantitative estimate of drug-likeness (QED) is 0.753. The van der Waals surface area contributed by atoms with Crippen molar-refractivity contribution in [1.29, 1.82) is 0 Å². The molecule has 0 bridgehead atoms. The SMILES string of the molecule is CC(C)(C)OC(=O)[C@@H](Cc1ccccc1)NC(=O)CCc1cccc(F)c1. The number of halogens is 1. The maximum atomic E-state index is 13.2. The van der Waals surface area contributed by atoms with Crippen molar-refractivity contribution >= 4 is 11.9 Å². The van der Waals surface area contributed by atoms with Crippen LogP contribution in [0.15, 0.2) is 54.6 Å². The highest BCUT2D eigenvalue weighted by molar-refractivity contribution is 5.85. The van der Waals surface area contributed by atoms with Gasteiger partial charge in [0.15, 0.2) is 0 Å². The smallest absolute Gasteiger partial charge is 0.329 e. The Bertz CT molecular complexity index is 769. The number of amides is 1. The minimum absolute atomic E-state index is 0.164. The van der Waals surface area contributed by atoms with Crippen LogP contribution in [-0.4, -0.2) is 23.5 Å². The fourth-order valence-electron chi connectivity index (χ4n) is 2.63. The minimum atomic E-state index is -0.772. The maximum absolute atomic E-state index is 13.2. The maximum Gasteiger partial charge on any atom is 0.329 e. The molecule has 2 aromatic carbocycles. The molecule has 0 saturated heterocycles. The van der Waals surface area contributed by atoms with Crippen molar-refractivity contribution in [2.75, 3.05) is 0 Å². The van der Waals surface area contributed by atoms with Crippen LogP contribution in [0.3, 0.4) is 0 Å². The third-order valence-electron chi connectivity index (χ3n) is 3.84. The van der Waals surface area contributed by atoms with E-state index in [0.717, 1.165) is 11.1 Å². The summed E-state index contributed by atoms with van der Waals surface area (Å²) >= 11 is 0. The topological polar surface area (TPSA) is 55.4 Å². The number of carbonyl (C=O) groups excluding carboxylic acids is 2. The van der Waals surface area contributed by atoms with E-state index in [1.165, 1.54) is 12.1 Å². The molecule has 0 fully saturated rings. The van der Waals surface area contributed by atoms with Crippen LogP contribution >= 0.6 is 0 Å².